The zero-order valence-electron chi connectivity index (χ0n) is 8.82. The minimum Gasteiger partial charge on any atom is -0.239 e. The van der Waals surface area contributed by atoms with E-state index in [2.05, 4.69) is 19.9 Å². The van der Waals surface area contributed by atoms with Crippen molar-refractivity contribution in [1.29, 1.82) is 0 Å². The molecule has 5 heteroatoms. The molecular formula is C10H11ClN4. The van der Waals surface area contributed by atoms with Crippen molar-refractivity contribution < 1.29 is 0 Å². The first kappa shape index (κ1) is 10.2. The van der Waals surface area contributed by atoms with E-state index in [9.17, 15) is 0 Å². The monoisotopic (exact) mass is 222 g/mol. The van der Waals surface area contributed by atoms with E-state index in [-0.39, 0.29) is 5.41 Å². The average Bonchev–Trinajstić information content (AvgIpc) is 2.16. The molecule has 2 aromatic heterocycles. The molecule has 0 fully saturated rings. The highest BCUT2D eigenvalue weighted by molar-refractivity contribution is 6.33. The van der Waals surface area contributed by atoms with Crippen LogP contribution in [-0.4, -0.2) is 19.9 Å². The van der Waals surface area contributed by atoms with Gasteiger partial charge in [-0.25, -0.2) is 19.9 Å². The minimum atomic E-state index is -0.104. The highest BCUT2D eigenvalue weighted by Crippen LogP contribution is 2.22. The Morgan fingerprint density at radius 3 is 2.53 bits per heavy atom. The molecule has 0 aromatic carbocycles. The molecule has 4 nitrogen and oxygen atoms in total. The van der Waals surface area contributed by atoms with Crippen molar-refractivity contribution >= 4 is 22.6 Å². The van der Waals surface area contributed by atoms with Gasteiger partial charge in [0.1, 0.15) is 23.2 Å². The van der Waals surface area contributed by atoms with E-state index in [1.165, 1.54) is 6.33 Å². The average molecular weight is 223 g/mol. The van der Waals surface area contributed by atoms with Crippen molar-refractivity contribution in [2.24, 2.45) is 0 Å². The predicted molar refractivity (Wildman–Crippen MR) is 58.8 cm³/mol. The maximum Gasteiger partial charge on any atom is 0.158 e. The summed E-state index contributed by atoms with van der Waals surface area (Å²) in [5.41, 5.74) is 1.18. The number of hydrogen-bond acceptors (Lipinski definition) is 4. The number of nitrogens with zero attached hydrogens (tertiary/aromatic N) is 4. The van der Waals surface area contributed by atoms with Gasteiger partial charge in [-0.15, -0.1) is 0 Å². The van der Waals surface area contributed by atoms with Gasteiger partial charge in [-0.2, -0.15) is 0 Å². The van der Waals surface area contributed by atoms with E-state index in [0.717, 1.165) is 5.82 Å². The summed E-state index contributed by atoms with van der Waals surface area (Å²) in [4.78, 5) is 16.6. The molecule has 0 radical (unpaired) electrons. The van der Waals surface area contributed by atoms with E-state index >= 15 is 0 Å². The maximum absolute atomic E-state index is 5.94. The Labute approximate surface area is 92.8 Å². The second-order valence-corrected chi connectivity index (χ2v) is 4.70. The Morgan fingerprint density at radius 1 is 1.13 bits per heavy atom. The highest BCUT2D eigenvalue weighted by Gasteiger charge is 2.18. The summed E-state index contributed by atoms with van der Waals surface area (Å²) in [6.07, 6.45) is 3.08. The summed E-state index contributed by atoms with van der Waals surface area (Å²) in [5, 5.41) is 0.368. The van der Waals surface area contributed by atoms with Crippen LogP contribution in [0.15, 0.2) is 12.5 Å². The second kappa shape index (κ2) is 3.38. The Bertz CT molecular complexity index is 504. The molecule has 0 aliphatic rings. The Balaban J connectivity index is 2.70. The molecule has 0 bridgehead atoms. The molecule has 78 valence electrons. The van der Waals surface area contributed by atoms with Gasteiger partial charge >= 0.3 is 0 Å². The highest BCUT2D eigenvalue weighted by atomic mass is 35.5. The fourth-order valence-corrected chi connectivity index (χ4v) is 1.37. The van der Waals surface area contributed by atoms with Crippen molar-refractivity contribution in [2.45, 2.75) is 26.2 Å². The van der Waals surface area contributed by atoms with E-state index < -0.39 is 0 Å². The third-order valence-corrected chi connectivity index (χ3v) is 2.28. The molecule has 2 rings (SSSR count). The molecule has 0 atom stereocenters. The maximum atomic E-state index is 5.94. The molecule has 0 saturated heterocycles. The Hall–Kier alpha value is -1.29. The molecule has 2 heterocycles. The summed E-state index contributed by atoms with van der Waals surface area (Å²) in [7, 11) is 0. The molecule has 0 saturated carbocycles. The quantitative estimate of drug-likeness (QED) is 0.643. The van der Waals surface area contributed by atoms with Crippen molar-refractivity contribution in [1.82, 2.24) is 19.9 Å². The molecule has 0 unspecified atom stereocenters. The van der Waals surface area contributed by atoms with Crippen molar-refractivity contribution in [3.8, 4) is 0 Å². The number of fused-ring (bicyclic) bond motifs is 1. The van der Waals surface area contributed by atoms with Gasteiger partial charge in [0, 0.05) is 5.41 Å². The first-order chi connectivity index (χ1) is 6.98. The summed E-state index contributed by atoms with van der Waals surface area (Å²) in [6, 6.07) is 0. The van der Waals surface area contributed by atoms with Gasteiger partial charge in [0.2, 0.25) is 0 Å². The standard InChI is InChI=1S/C10H11ClN4/c1-10(2,3)9-12-4-6-7(15-9)8(11)14-5-13-6/h4-5H,1-3H3. The number of hydrogen-bond donors (Lipinski definition) is 0. The molecule has 0 spiro atoms. The third kappa shape index (κ3) is 1.90. The second-order valence-electron chi connectivity index (χ2n) is 4.34. The first-order valence-corrected chi connectivity index (χ1v) is 5.00. The number of halogens is 1. The largest absolute Gasteiger partial charge is 0.239 e. The lowest BCUT2D eigenvalue weighted by molar-refractivity contribution is 0.548. The van der Waals surface area contributed by atoms with Crippen molar-refractivity contribution in [2.75, 3.05) is 0 Å². The van der Waals surface area contributed by atoms with Gasteiger partial charge in [0.25, 0.3) is 0 Å². The lowest BCUT2D eigenvalue weighted by Crippen LogP contribution is -2.16. The fraction of sp³-hybridized carbons (Fsp3) is 0.400. The van der Waals surface area contributed by atoms with Crippen molar-refractivity contribution in [3.63, 3.8) is 0 Å². The molecule has 0 aliphatic carbocycles. The van der Waals surface area contributed by atoms with Crippen LogP contribution < -0.4 is 0 Å². The molecular weight excluding hydrogens is 212 g/mol. The third-order valence-electron chi connectivity index (χ3n) is 2.00. The normalized spacial score (nSPS) is 12.0. The fourth-order valence-electron chi connectivity index (χ4n) is 1.19. The van der Waals surface area contributed by atoms with Crippen LogP contribution in [0.5, 0.6) is 0 Å². The molecule has 0 N–H and O–H groups in total. The summed E-state index contributed by atoms with van der Waals surface area (Å²) in [5.74, 6) is 0.742. The van der Waals surface area contributed by atoms with Gasteiger partial charge in [-0.05, 0) is 0 Å². The van der Waals surface area contributed by atoms with Crippen LogP contribution in [0.25, 0.3) is 11.0 Å². The van der Waals surface area contributed by atoms with E-state index in [1.807, 2.05) is 20.8 Å². The minimum absolute atomic E-state index is 0.104. The zero-order valence-corrected chi connectivity index (χ0v) is 9.58. The molecule has 0 amide bonds. The van der Waals surface area contributed by atoms with Crippen LogP contribution in [0.4, 0.5) is 0 Å². The van der Waals surface area contributed by atoms with E-state index in [1.54, 1.807) is 6.20 Å². The van der Waals surface area contributed by atoms with Gasteiger partial charge in [0.05, 0.1) is 6.20 Å². The van der Waals surface area contributed by atoms with Crippen LogP contribution in [0.2, 0.25) is 5.15 Å². The van der Waals surface area contributed by atoms with Crippen molar-refractivity contribution in [3.05, 3.63) is 23.5 Å². The zero-order chi connectivity index (χ0) is 11.1. The lowest BCUT2D eigenvalue weighted by atomic mass is 9.96. The van der Waals surface area contributed by atoms with Gasteiger partial charge < -0.3 is 0 Å². The molecule has 15 heavy (non-hydrogen) atoms. The van der Waals surface area contributed by atoms with E-state index in [0.29, 0.717) is 16.2 Å². The Kier molecular flexibility index (Phi) is 2.31. The lowest BCUT2D eigenvalue weighted by Gasteiger charge is -2.16. The first-order valence-electron chi connectivity index (χ1n) is 4.62. The Morgan fingerprint density at radius 2 is 1.87 bits per heavy atom. The van der Waals surface area contributed by atoms with Crippen LogP contribution in [0.3, 0.4) is 0 Å². The van der Waals surface area contributed by atoms with Crippen LogP contribution in [-0.2, 0) is 5.41 Å². The molecule has 0 aliphatic heterocycles. The summed E-state index contributed by atoms with van der Waals surface area (Å²) < 4.78 is 0. The van der Waals surface area contributed by atoms with Gasteiger partial charge in [0.15, 0.2) is 5.15 Å². The number of aromatic nitrogens is 4. The summed E-state index contributed by atoms with van der Waals surface area (Å²) in [6.45, 7) is 6.14. The summed E-state index contributed by atoms with van der Waals surface area (Å²) >= 11 is 5.94. The van der Waals surface area contributed by atoms with Gasteiger partial charge in [-0.1, -0.05) is 32.4 Å². The SMILES string of the molecule is CC(C)(C)c1ncc2ncnc(Cl)c2n1. The topological polar surface area (TPSA) is 51.6 Å². The van der Waals surface area contributed by atoms with E-state index in [4.69, 9.17) is 11.6 Å². The van der Waals surface area contributed by atoms with Crippen LogP contribution >= 0.6 is 11.6 Å². The van der Waals surface area contributed by atoms with Crippen LogP contribution in [0, 0.1) is 0 Å². The van der Waals surface area contributed by atoms with Crippen LogP contribution in [0.1, 0.15) is 26.6 Å². The smallest absolute Gasteiger partial charge is 0.158 e. The van der Waals surface area contributed by atoms with Gasteiger partial charge in [-0.3, -0.25) is 0 Å². The molecule has 2 aromatic rings. The number of rotatable bonds is 0. The predicted octanol–water partition coefficient (Wildman–Crippen LogP) is 2.37.